The summed E-state index contributed by atoms with van der Waals surface area (Å²) in [6.07, 6.45) is 9.89. The zero-order valence-electron chi connectivity index (χ0n) is 21.0. The van der Waals surface area contributed by atoms with Gasteiger partial charge in [-0.15, -0.1) is 17.8 Å². The van der Waals surface area contributed by atoms with E-state index in [2.05, 4.69) is 16.2 Å². The first kappa shape index (κ1) is 27.8. The molecule has 0 saturated carbocycles. The Morgan fingerprint density at radius 1 is 1.16 bits per heavy atom. The number of methoxy groups -OCH3 is 1. The lowest BCUT2D eigenvalue weighted by atomic mass is 10.1. The summed E-state index contributed by atoms with van der Waals surface area (Å²) in [4.78, 5) is 43.1. The lowest BCUT2D eigenvalue weighted by Gasteiger charge is -2.07. The minimum atomic E-state index is -4.14. The fraction of sp³-hybridized carbons (Fsp3) is 0.385. The molecule has 38 heavy (non-hydrogen) atoms. The van der Waals surface area contributed by atoms with E-state index in [-0.39, 0.29) is 21.9 Å². The number of anilines is 1. The molecule has 0 atom stereocenters. The van der Waals surface area contributed by atoms with Gasteiger partial charge in [-0.2, -0.15) is 4.99 Å². The van der Waals surface area contributed by atoms with E-state index in [1.165, 1.54) is 29.8 Å². The van der Waals surface area contributed by atoms with Crippen molar-refractivity contribution in [2.24, 2.45) is 4.99 Å². The van der Waals surface area contributed by atoms with Crippen LogP contribution in [0.4, 0.5) is 5.00 Å². The molecule has 2 amide bonds. The van der Waals surface area contributed by atoms with Gasteiger partial charge in [-0.05, 0) is 55.9 Å². The van der Waals surface area contributed by atoms with E-state index in [0.29, 0.717) is 6.42 Å². The molecule has 0 radical (unpaired) electrons. The van der Waals surface area contributed by atoms with Crippen LogP contribution in [0.15, 0.2) is 23.2 Å². The van der Waals surface area contributed by atoms with Crippen LogP contribution in [0.25, 0.3) is 10.2 Å². The quantitative estimate of drug-likeness (QED) is 0.263. The largest absolute Gasteiger partial charge is 0.465 e. The highest BCUT2D eigenvalue weighted by Crippen LogP contribution is 2.38. The lowest BCUT2D eigenvalue weighted by Crippen LogP contribution is -2.28. The van der Waals surface area contributed by atoms with Gasteiger partial charge < -0.3 is 14.6 Å². The number of thiazole rings is 1. The molecular weight excluding hydrogens is 547 g/mol. The fourth-order valence-electron chi connectivity index (χ4n) is 4.40. The summed E-state index contributed by atoms with van der Waals surface area (Å²) in [6, 6.07) is 5.72. The molecule has 1 N–H and O–H groups in total. The summed E-state index contributed by atoms with van der Waals surface area (Å²) in [7, 11) is -2.88. The van der Waals surface area contributed by atoms with Crippen molar-refractivity contribution >= 4 is 65.5 Å². The molecule has 1 aliphatic rings. The van der Waals surface area contributed by atoms with Crippen LogP contribution in [0.1, 0.15) is 45.6 Å². The molecule has 1 aromatic carbocycles. The van der Waals surface area contributed by atoms with Gasteiger partial charge in [0.15, 0.2) is 14.6 Å². The molecule has 0 saturated heterocycles. The lowest BCUT2D eigenvalue weighted by molar-refractivity contribution is -0.115. The zero-order chi connectivity index (χ0) is 27.4. The average Bonchev–Trinajstić information content (AvgIpc) is 3.24. The molecule has 2 heterocycles. The second kappa shape index (κ2) is 11.6. The maximum atomic E-state index is 12.7. The van der Waals surface area contributed by atoms with Gasteiger partial charge in [0.1, 0.15) is 16.5 Å². The van der Waals surface area contributed by atoms with Crippen molar-refractivity contribution in [3.63, 3.8) is 0 Å². The number of rotatable bonds is 7. The van der Waals surface area contributed by atoms with Gasteiger partial charge in [0.2, 0.25) is 5.91 Å². The van der Waals surface area contributed by atoms with Gasteiger partial charge >= 0.3 is 5.97 Å². The number of fused-ring (bicyclic) bond motifs is 2. The fourth-order valence-corrected chi connectivity index (χ4v) is 7.85. The van der Waals surface area contributed by atoms with Crippen molar-refractivity contribution in [2.75, 3.05) is 23.9 Å². The van der Waals surface area contributed by atoms with Gasteiger partial charge in [-0.25, -0.2) is 13.2 Å². The molecule has 0 bridgehead atoms. The average molecular weight is 574 g/mol. The summed E-state index contributed by atoms with van der Waals surface area (Å²) < 4.78 is 32.9. The third kappa shape index (κ3) is 6.23. The third-order valence-corrected chi connectivity index (χ3v) is 9.70. The van der Waals surface area contributed by atoms with E-state index >= 15 is 0 Å². The van der Waals surface area contributed by atoms with Crippen molar-refractivity contribution in [3.05, 3.63) is 44.6 Å². The van der Waals surface area contributed by atoms with Gasteiger partial charge in [-0.1, -0.05) is 29.7 Å². The van der Waals surface area contributed by atoms with Crippen LogP contribution in [-0.2, 0) is 43.5 Å². The van der Waals surface area contributed by atoms with Crippen LogP contribution in [-0.4, -0.2) is 49.4 Å². The molecule has 0 unspecified atom stereocenters. The first-order valence-electron chi connectivity index (χ1n) is 12.0. The number of hydrogen-bond acceptors (Lipinski definition) is 8. The number of nitrogens with one attached hydrogen (secondary N) is 1. The van der Waals surface area contributed by atoms with Crippen LogP contribution in [0.3, 0.4) is 0 Å². The SMILES string of the molecule is C#CCn1c(=NC(=O)CS(=O)(=O)CC(=O)Nc2sc3c(c2C(=O)OC)CCCCC3)sc2cc(C)ccc21. The second-order valence-electron chi connectivity index (χ2n) is 8.99. The Balaban J connectivity index is 1.51. The van der Waals surface area contributed by atoms with Crippen molar-refractivity contribution in [3.8, 4) is 12.3 Å². The topological polar surface area (TPSA) is 124 Å². The third-order valence-electron chi connectivity index (χ3n) is 6.07. The number of esters is 1. The van der Waals surface area contributed by atoms with E-state index in [4.69, 9.17) is 11.2 Å². The van der Waals surface area contributed by atoms with E-state index in [9.17, 15) is 22.8 Å². The Morgan fingerprint density at radius 2 is 1.92 bits per heavy atom. The van der Waals surface area contributed by atoms with Crippen LogP contribution in [0, 0.1) is 19.3 Å². The monoisotopic (exact) mass is 573 g/mol. The molecule has 1 aliphatic carbocycles. The van der Waals surface area contributed by atoms with Gasteiger partial charge in [0.05, 0.1) is 29.4 Å². The maximum absolute atomic E-state index is 12.7. The maximum Gasteiger partial charge on any atom is 0.341 e. The predicted molar refractivity (Wildman–Crippen MR) is 148 cm³/mol. The molecular formula is C26H27N3O6S3. The Kier molecular flexibility index (Phi) is 8.50. The molecule has 12 heteroatoms. The van der Waals surface area contributed by atoms with Crippen molar-refractivity contribution in [1.29, 1.82) is 0 Å². The predicted octanol–water partition coefficient (Wildman–Crippen LogP) is 3.24. The summed E-state index contributed by atoms with van der Waals surface area (Å²) in [5.74, 6) is -1.64. The number of thiophene rings is 1. The van der Waals surface area contributed by atoms with E-state index < -0.39 is 39.1 Å². The smallest absolute Gasteiger partial charge is 0.341 e. The van der Waals surface area contributed by atoms with Gasteiger partial charge in [0, 0.05) is 4.88 Å². The molecule has 4 rings (SSSR count). The van der Waals surface area contributed by atoms with Gasteiger partial charge in [0.25, 0.3) is 5.91 Å². The second-order valence-corrected chi connectivity index (χ2v) is 13.2. The first-order valence-corrected chi connectivity index (χ1v) is 15.4. The van der Waals surface area contributed by atoms with Crippen LogP contribution in [0.5, 0.6) is 0 Å². The summed E-state index contributed by atoms with van der Waals surface area (Å²) >= 11 is 2.50. The molecule has 0 aliphatic heterocycles. The number of benzene rings is 1. The number of ether oxygens (including phenoxy) is 1. The van der Waals surface area contributed by atoms with Crippen LogP contribution >= 0.6 is 22.7 Å². The highest BCUT2D eigenvalue weighted by atomic mass is 32.2. The molecule has 0 fully saturated rings. The van der Waals surface area contributed by atoms with Crippen LogP contribution in [0.2, 0.25) is 0 Å². The van der Waals surface area contributed by atoms with Crippen molar-refractivity contribution in [2.45, 2.75) is 45.6 Å². The van der Waals surface area contributed by atoms with Crippen molar-refractivity contribution < 1.29 is 27.5 Å². The number of amides is 2. The zero-order valence-corrected chi connectivity index (χ0v) is 23.5. The number of aromatic nitrogens is 1. The minimum Gasteiger partial charge on any atom is -0.465 e. The number of aryl methyl sites for hydroxylation is 2. The highest BCUT2D eigenvalue weighted by Gasteiger charge is 2.28. The Hall–Kier alpha value is -3.27. The molecule has 200 valence electrons. The van der Waals surface area contributed by atoms with Crippen LogP contribution < -0.4 is 10.1 Å². The van der Waals surface area contributed by atoms with Gasteiger partial charge in [-0.3, -0.25) is 9.59 Å². The number of carbonyl (C=O) groups excluding carboxylic acids is 3. The normalized spacial score (nSPS) is 14.0. The summed E-state index contributed by atoms with van der Waals surface area (Å²) in [6.45, 7) is 2.10. The Bertz CT molecular complexity index is 1640. The number of nitrogens with zero attached hydrogens (tertiary/aromatic N) is 2. The van der Waals surface area contributed by atoms with E-state index in [1.807, 2.05) is 25.1 Å². The summed E-state index contributed by atoms with van der Waals surface area (Å²) in [5, 5.41) is 2.84. The number of terminal acetylenes is 1. The molecule has 0 spiro atoms. The molecule has 9 nitrogen and oxygen atoms in total. The number of sulfone groups is 1. The van der Waals surface area contributed by atoms with E-state index in [1.54, 1.807) is 4.57 Å². The van der Waals surface area contributed by atoms with E-state index in [0.717, 1.165) is 51.9 Å². The van der Waals surface area contributed by atoms with Crippen molar-refractivity contribution in [1.82, 2.24) is 4.57 Å². The Labute approximate surface area is 228 Å². The first-order chi connectivity index (χ1) is 18.1. The standard InChI is InChI=1S/C26H27N3O6S3/c1-4-12-29-18-11-10-16(2)13-20(18)37-26(29)28-22(31)15-38(33,34)14-21(30)27-24-23(25(32)35-3)17-8-6-5-7-9-19(17)36-24/h1,10-11,13H,5-9,12,14-15H2,2-3H3,(H,27,30). The summed E-state index contributed by atoms with van der Waals surface area (Å²) in [5.41, 5.74) is 2.95. The number of hydrogen-bond donors (Lipinski definition) is 1. The molecule has 3 aromatic rings. The number of carbonyl (C=O) groups is 3. The Morgan fingerprint density at radius 3 is 2.66 bits per heavy atom. The molecule has 2 aromatic heterocycles. The minimum absolute atomic E-state index is 0.164. The highest BCUT2D eigenvalue weighted by molar-refractivity contribution is 7.92.